The molecule has 4 rings (SSSR count). The Balaban J connectivity index is 1.71. The Labute approximate surface area is 128 Å². The van der Waals surface area contributed by atoms with Crippen molar-refractivity contribution in [2.24, 2.45) is 35.0 Å². The maximum atomic E-state index is 12.2. The Morgan fingerprint density at radius 2 is 2.10 bits per heavy atom. The van der Waals surface area contributed by atoms with E-state index in [-0.39, 0.29) is 5.41 Å². The van der Waals surface area contributed by atoms with Crippen LogP contribution in [-0.2, 0) is 9.22 Å². The molecule has 4 fully saturated rings. The first-order valence-electron chi connectivity index (χ1n) is 8.37. The lowest BCUT2D eigenvalue weighted by atomic mass is 9.42. The van der Waals surface area contributed by atoms with Crippen molar-refractivity contribution in [3.8, 4) is 6.07 Å². The molecule has 0 aliphatic heterocycles. The van der Waals surface area contributed by atoms with Crippen molar-refractivity contribution in [2.75, 3.05) is 0 Å². The van der Waals surface area contributed by atoms with Crippen molar-refractivity contribution >= 4 is 14.1 Å². The van der Waals surface area contributed by atoms with Gasteiger partial charge in [-0.1, -0.05) is 6.92 Å². The van der Waals surface area contributed by atoms with Crippen LogP contribution in [0.15, 0.2) is 0 Å². The molecule has 0 aromatic heterocycles. The van der Waals surface area contributed by atoms with Gasteiger partial charge in [-0.25, -0.2) is 0 Å². The van der Waals surface area contributed by atoms with Gasteiger partial charge < -0.3 is 4.43 Å². The first-order valence-corrected chi connectivity index (χ1v) is 11.8. The van der Waals surface area contributed by atoms with Gasteiger partial charge in [-0.05, 0) is 62.1 Å². The Kier molecular flexibility index (Phi) is 2.53. The maximum absolute atomic E-state index is 12.2. The summed E-state index contributed by atoms with van der Waals surface area (Å²) in [5.74, 6) is 2.80. The van der Waals surface area contributed by atoms with Crippen molar-refractivity contribution in [2.45, 2.75) is 57.8 Å². The number of rotatable bonds is 2. The van der Waals surface area contributed by atoms with Gasteiger partial charge in [0.05, 0.1) is 6.07 Å². The van der Waals surface area contributed by atoms with Crippen LogP contribution in [0, 0.1) is 46.3 Å². The van der Waals surface area contributed by atoms with E-state index in [0.29, 0.717) is 35.4 Å². The van der Waals surface area contributed by atoms with Crippen molar-refractivity contribution in [3.05, 3.63) is 0 Å². The standard InChI is InChI=1S/C17H25NO2Si/c1-16-11-5-6-12(19)14(11)15(16)10-7-13(16)17(8-10,9-18)20-21(2,3)4/h10-11,13-15H,5-8H2,1-4H3/t10-,11+,13-,14+,15+,16+,17+/m0/s1. The number of nitrogens with zero attached hydrogens (tertiary/aromatic N) is 1. The average Bonchev–Trinajstić information content (AvgIpc) is 2.94. The minimum Gasteiger partial charge on any atom is -0.400 e. The van der Waals surface area contributed by atoms with E-state index >= 15 is 0 Å². The van der Waals surface area contributed by atoms with E-state index in [1.165, 1.54) is 0 Å². The minimum atomic E-state index is -1.75. The van der Waals surface area contributed by atoms with E-state index in [9.17, 15) is 10.1 Å². The summed E-state index contributed by atoms with van der Waals surface area (Å²) in [6.07, 6.45) is 3.80. The molecule has 0 radical (unpaired) electrons. The Bertz CT molecular complexity index is 562. The molecule has 3 nitrogen and oxygen atoms in total. The summed E-state index contributed by atoms with van der Waals surface area (Å²) >= 11 is 0. The molecular weight excluding hydrogens is 278 g/mol. The van der Waals surface area contributed by atoms with Crippen LogP contribution in [0.3, 0.4) is 0 Å². The Hall–Kier alpha value is -0.663. The molecule has 2 bridgehead atoms. The molecular formula is C17H25NO2Si. The van der Waals surface area contributed by atoms with Crippen molar-refractivity contribution in [1.82, 2.24) is 0 Å². The topological polar surface area (TPSA) is 50.1 Å². The van der Waals surface area contributed by atoms with Crippen LogP contribution >= 0.6 is 0 Å². The van der Waals surface area contributed by atoms with Crippen LogP contribution in [0.2, 0.25) is 19.6 Å². The molecule has 4 aliphatic rings. The van der Waals surface area contributed by atoms with Gasteiger partial charge in [0.25, 0.3) is 0 Å². The lowest BCUT2D eigenvalue weighted by Gasteiger charge is -2.62. The summed E-state index contributed by atoms with van der Waals surface area (Å²) < 4.78 is 6.46. The van der Waals surface area contributed by atoms with Crippen LogP contribution < -0.4 is 0 Å². The number of nitriles is 1. The number of ketones is 1. The normalized spacial score (nSPS) is 54.0. The first kappa shape index (κ1) is 14.0. The Morgan fingerprint density at radius 1 is 1.38 bits per heavy atom. The largest absolute Gasteiger partial charge is 0.400 e. The number of fused-ring (bicyclic) bond motifs is 8. The molecule has 114 valence electrons. The molecule has 0 spiro atoms. The highest BCUT2D eigenvalue weighted by Crippen LogP contribution is 2.78. The average molecular weight is 303 g/mol. The van der Waals surface area contributed by atoms with E-state index < -0.39 is 13.9 Å². The van der Waals surface area contributed by atoms with Gasteiger partial charge in [0.2, 0.25) is 0 Å². The van der Waals surface area contributed by atoms with Gasteiger partial charge in [0.15, 0.2) is 8.32 Å². The van der Waals surface area contributed by atoms with Gasteiger partial charge in [-0.15, -0.1) is 0 Å². The number of carbonyl (C=O) groups is 1. The smallest absolute Gasteiger partial charge is 0.185 e. The molecule has 0 aromatic rings. The van der Waals surface area contributed by atoms with Gasteiger partial charge in [-0.2, -0.15) is 5.26 Å². The highest BCUT2D eigenvalue weighted by molar-refractivity contribution is 6.69. The van der Waals surface area contributed by atoms with Crippen LogP contribution in [0.25, 0.3) is 0 Å². The molecule has 21 heavy (non-hydrogen) atoms. The second kappa shape index (κ2) is 3.81. The van der Waals surface area contributed by atoms with Crippen LogP contribution in [0.5, 0.6) is 0 Å². The Morgan fingerprint density at radius 3 is 2.71 bits per heavy atom. The predicted octanol–water partition coefficient (Wildman–Crippen LogP) is 3.37. The van der Waals surface area contributed by atoms with Crippen molar-refractivity contribution in [3.63, 3.8) is 0 Å². The second-order valence-electron chi connectivity index (χ2n) is 9.00. The third-order valence-corrected chi connectivity index (χ3v) is 7.99. The molecule has 0 N–H and O–H groups in total. The summed E-state index contributed by atoms with van der Waals surface area (Å²) in [5.41, 5.74) is -0.369. The quantitative estimate of drug-likeness (QED) is 0.735. The summed E-state index contributed by atoms with van der Waals surface area (Å²) in [6.45, 7) is 8.91. The SMILES string of the molecule is C[C@]12[C@H]([C@H]3C[C@@H]1[C@@](C#N)(O[Si](C)(C)C)C3)[C@H]1C(=O)CC[C@H]12. The first-order chi connectivity index (χ1) is 9.73. The van der Waals surface area contributed by atoms with Gasteiger partial charge in [0, 0.05) is 18.3 Å². The summed E-state index contributed by atoms with van der Waals surface area (Å²) in [5, 5.41) is 9.92. The summed E-state index contributed by atoms with van der Waals surface area (Å²) in [4.78, 5) is 12.2. The molecule has 0 amide bonds. The van der Waals surface area contributed by atoms with E-state index in [2.05, 4.69) is 32.6 Å². The highest BCUT2D eigenvalue weighted by atomic mass is 28.4. The number of carbonyl (C=O) groups excluding carboxylic acids is 1. The lowest BCUT2D eigenvalue weighted by Crippen LogP contribution is -2.64. The van der Waals surface area contributed by atoms with E-state index in [0.717, 1.165) is 25.7 Å². The third-order valence-electron chi connectivity index (χ3n) is 7.01. The number of hydrogen-bond donors (Lipinski definition) is 0. The lowest BCUT2D eigenvalue weighted by molar-refractivity contribution is -0.179. The van der Waals surface area contributed by atoms with E-state index in [1.54, 1.807) is 0 Å². The fraction of sp³-hybridized carbons (Fsp3) is 0.882. The summed E-state index contributed by atoms with van der Waals surface area (Å²) in [6, 6.07) is 2.59. The molecule has 4 saturated carbocycles. The monoisotopic (exact) mass is 303 g/mol. The van der Waals surface area contributed by atoms with Gasteiger partial charge >= 0.3 is 0 Å². The number of hydrogen-bond acceptors (Lipinski definition) is 3. The molecule has 4 aliphatic carbocycles. The van der Waals surface area contributed by atoms with Crippen molar-refractivity contribution < 1.29 is 9.22 Å². The molecule has 0 unspecified atom stereocenters. The van der Waals surface area contributed by atoms with E-state index in [1.807, 2.05) is 0 Å². The molecule has 4 heteroatoms. The fourth-order valence-corrected chi connectivity index (χ4v) is 8.13. The summed E-state index contributed by atoms with van der Waals surface area (Å²) in [7, 11) is -1.75. The minimum absolute atomic E-state index is 0.190. The fourth-order valence-electron chi connectivity index (χ4n) is 6.77. The zero-order chi connectivity index (χ0) is 15.2. The van der Waals surface area contributed by atoms with Crippen molar-refractivity contribution in [1.29, 1.82) is 5.26 Å². The third kappa shape index (κ3) is 1.50. The molecule has 0 aromatic carbocycles. The zero-order valence-corrected chi connectivity index (χ0v) is 14.5. The maximum Gasteiger partial charge on any atom is 0.185 e. The molecule has 7 atom stereocenters. The van der Waals surface area contributed by atoms with Gasteiger partial charge in [-0.3, -0.25) is 4.79 Å². The van der Waals surface area contributed by atoms with Crippen LogP contribution in [0.1, 0.15) is 32.6 Å². The van der Waals surface area contributed by atoms with Crippen LogP contribution in [0.4, 0.5) is 0 Å². The predicted molar refractivity (Wildman–Crippen MR) is 81.8 cm³/mol. The zero-order valence-electron chi connectivity index (χ0n) is 13.5. The molecule has 0 saturated heterocycles. The molecule has 0 heterocycles. The highest BCUT2D eigenvalue weighted by Gasteiger charge is 2.78. The van der Waals surface area contributed by atoms with E-state index in [4.69, 9.17) is 4.43 Å². The second-order valence-corrected chi connectivity index (χ2v) is 13.4. The number of Topliss-reactive ketones (excluding diaryl/α,β-unsaturated/α-hetero) is 1. The van der Waals surface area contributed by atoms with Crippen LogP contribution in [-0.4, -0.2) is 19.7 Å². The van der Waals surface area contributed by atoms with Gasteiger partial charge in [0.1, 0.15) is 11.4 Å².